The third kappa shape index (κ3) is 23.8. The summed E-state index contributed by atoms with van der Waals surface area (Å²) in [5.74, 6) is -19.8. The molecule has 0 aromatic heterocycles. The second kappa shape index (κ2) is 34.1. The van der Waals surface area contributed by atoms with Crippen molar-refractivity contribution in [2.45, 2.75) is 135 Å². The minimum absolute atomic E-state index is 0.00996. The normalized spacial score (nSPS) is 12.5. The molecule has 19 nitrogen and oxygen atoms in total. The number of halogens is 8. The summed E-state index contributed by atoms with van der Waals surface area (Å²) in [5, 5.41) is 9.60. The molecule has 0 spiro atoms. The molecule has 0 aliphatic heterocycles. The summed E-state index contributed by atoms with van der Waals surface area (Å²) in [6.07, 6.45) is 11.7. The van der Waals surface area contributed by atoms with Gasteiger partial charge in [0.15, 0.2) is 52.6 Å². The number of benzene rings is 2. The van der Waals surface area contributed by atoms with Crippen LogP contribution in [0.25, 0.3) is 20.9 Å². The van der Waals surface area contributed by atoms with Crippen LogP contribution in [0.3, 0.4) is 0 Å². The maximum Gasteiger partial charge on any atom is 0.472 e. The van der Waals surface area contributed by atoms with Crippen molar-refractivity contribution < 1.29 is 86.8 Å². The largest absolute Gasteiger partial charge is 0.472 e. The van der Waals surface area contributed by atoms with E-state index in [4.69, 9.17) is 29.6 Å². The Bertz CT molecular complexity index is 2280. The van der Waals surface area contributed by atoms with Gasteiger partial charge in [0.1, 0.15) is 42.3 Å². The molecule has 0 heterocycles. The Labute approximate surface area is 423 Å². The zero-order chi connectivity index (χ0) is 55.3. The number of phosphoric ester groups is 1. The quantitative estimate of drug-likeness (QED) is 0.00659. The highest BCUT2D eigenvalue weighted by Crippen LogP contribution is 2.43. The van der Waals surface area contributed by atoms with Gasteiger partial charge in [0.25, 0.3) is 11.8 Å². The lowest BCUT2D eigenvalue weighted by Crippen LogP contribution is -2.37. The smallest absolute Gasteiger partial charge is 0.462 e. The Morgan fingerprint density at radius 2 is 0.905 bits per heavy atom. The molecule has 2 rings (SSSR count). The predicted molar refractivity (Wildman–Crippen MR) is 253 cm³/mol. The summed E-state index contributed by atoms with van der Waals surface area (Å²) in [7, 11) is 1.03. The maximum absolute atomic E-state index is 14.2. The molecule has 0 aliphatic carbocycles. The van der Waals surface area contributed by atoms with Gasteiger partial charge in [-0.15, -0.1) is 0 Å². The standard InChI is InChI=1S/C46H64F8N9O10P/c1-63(2,3)26-27-71-74(68,69)72-29-30(73-32(65)23-19-15-11-7-5-9-13-17-21-25-58-46(67)34-37(49)41(53)44(60-62-56)42(54)38(34)50)28-70-31(64)22-18-14-10-6-4-8-12-16-20-24-57-45(66)33-35(47)39(51)43(59-61-55)40(52)36(33)48/h30H,4-29H2,1-3H3,(H2-,57,58,66,67,68,69)/p+1. The fourth-order valence-electron chi connectivity index (χ4n) is 7.01. The molecule has 2 amide bonds. The number of azide groups is 2. The second-order valence-corrected chi connectivity index (χ2v) is 19.6. The number of ether oxygens (including phenoxy) is 2. The molecule has 0 saturated carbocycles. The highest BCUT2D eigenvalue weighted by atomic mass is 31.2. The fraction of sp³-hybridized carbons (Fsp3) is 0.652. The Hall–Kier alpha value is -5.55. The lowest BCUT2D eigenvalue weighted by molar-refractivity contribution is -0.870. The Morgan fingerprint density at radius 1 is 0.554 bits per heavy atom. The third-order valence-corrected chi connectivity index (χ3v) is 12.1. The van der Waals surface area contributed by atoms with Crippen molar-refractivity contribution in [2.75, 3.05) is 60.6 Å². The number of nitrogens with zero attached hydrogens (tertiary/aromatic N) is 7. The van der Waals surface area contributed by atoms with Gasteiger partial charge in [0.05, 0.1) is 27.7 Å². The number of rotatable bonds is 38. The predicted octanol–water partition coefficient (Wildman–Crippen LogP) is 11.9. The molecular weight excluding hydrogens is 1020 g/mol. The van der Waals surface area contributed by atoms with Gasteiger partial charge in [0.2, 0.25) is 0 Å². The van der Waals surface area contributed by atoms with Crippen LogP contribution in [0.1, 0.15) is 149 Å². The van der Waals surface area contributed by atoms with E-state index in [0.29, 0.717) is 62.4 Å². The number of esters is 2. The first-order valence-corrected chi connectivity index (χ1v) is 25.7. The van der Waals surface area contributed by atoms with E-state index >= 15 is 0 Å². The van der Waals surface area contributed by atoms with Crippen LogP contribution in [0.4, 0.5) is 46.5 Å². The topological polar surface area (TPSA) is 264 Å². The number of quaternary nitrogens is 1. The molecule has 0 fully saturated rings. The van der Waals surface area contributed by atoms with Crippen molar-refractivity contribution in [3.8, 4) is 0 Å². The summed E-state index contributed by atoms with van der Waals surface area (Å²) >= 11 is 0. The van der Waals surface area contributed by atoms with Crippen LogP contribution in [0.5, 0.6) is 0 Å². The highest BCUT2D eigenvalue weighted by Gasteiger charge is 2.31. The zero-order valence-electron chi connectivity index (χ0n) is 41.7. The van der Waals surface area contributed by atoms with Crippen LogP contribution in [-0.2, 0) is 32.7 Å². The molecule has 2 aromatic carbocycles. The molecule has 2 atom stereocenters. The third-order valence-electron chi connectivity index (χ3n) is 11.1. The first-order valence-electron chi connectivity index (χ1n) is 24.2. The number of likely N-dealkylation sites (N-methyl/N-ethyl adjacent to an activating group) is 1. The van der Waals surface area contributed by atoms with Gasteiger partial charge < -0.3 is 29.5 Å². The number of phosphoric acid groups is 1. The monoisotopic (exact) mass is 1090 g/mol. The lowest BCUT2D eigenvalue weighted by atomic mass is 10.1. The molecule has 0 saturated heterocycles. The Balaban J connectivity index is 1.65. The van der Waals surface area contributed by atoms with Gasteiger partial charge in [-0.3, -0.25) is 28.2 Å². The van der Waals surface area contributed by atoms with Crippen molar-refractivity contribution in [1.29, 1.82) is 0 Å². The molecule has 28 heteroatoms. The average Bonchev–Trinajstić information content (AvgIpc) is 3.34. The van der Waals surface area contributed by atoms with Gasteiger partial charge in [-0.1, -0.05) is 100 Å². The van der Waals surface area contributed by atoms with Gasteiger partial charge in [-0.2, -0.15) is 0 Å². The number of hydrogen-bond acceptors (Lipinski definition) is 11. The van der Waals surface area contributed by atoms with Crippen LogP contribution in [0.15, 0.2) is 10.2 Å². The fourth-order valence-corrected chi connectivity index (χ4v) is 7.75. The molecule has 0 bridgehead atoms. The van der Waals surface area contributed by atoms with Gasteiger partial charge in [-0.25, -0.2) is 39.7 Å². The minimum Gasteiger partial charge on any atom is -0.462 e. The molecule has 2 unspecified atom stereocenters. The van der Waals surface area contributed by atoms with Crippen LogP contribution < -0.4 is 10.6 Å². The summed E-state index contributed by atoms with van der Waals surface area (Å²) in [4.78, 5) is 64.1. The van der Waals surface area contributed by atoms with Crippen molar-refractivity contribution >= 4 is 43.0 Å². The molecule has 0 aliphatic rings. The highest BCUT2D eigenvalue weighted by molar-refractivity contribution is 7.47. The summed E-state index contributed by atoms with van der Waals surface area (Å²) in [6.45, 7) is -0.736. The van der Waals surface area contributed by atoms with E-state index in [1.165, 1.54) is 0 Å². The molecule has 3 N–H and O–H groups in total. The van der Waals surface area contributed by atoms with Crippen LogP contribution in [0.2, 0.25) is 0 Å². The van der Waals surface area contributed by atoms with E-state index in [-0.39, 0.29) is 32.5 Å². The summed E-state index contributed by atoms with van der Waals surface area (Å²) < 4.78 is 147. The van der Waals surface area contributed by atoms with Crippen molar-refractivity contribution in [2.24, 2.45) is 10.2 Å². The van der Waals surface area contributed by atoms with Crippen LogP contribution >= 0.6 is 7.82 Å². The Morgan fingerprint density at radius 3 is 1.27 bits per heavy atom. The molecule has 74 heavy (non-hydrogen) atoms. The van der Waals surface area contributed by atoms with E-state index < -0.39 is 120 Å². The van der Waals surface area contributed by atoms with Crippen molar-refractivity contribution in [3.05, 3.63) is 78.6 Å². The minimum atomic E-state index is -4.55. The molecule has 0 radical (unpaired) electrons. The average molecular weight is 1090 g/mol. The number of amides is 2. The number of unbranched alkanes of at least 4 members (excludes halogenated alkanes) is 16. The van der Waals surface area contributed by atoms with Crippen molar-refractivity contribution in [1.82, 2.24) is 10.6 Å². The van der Waals surface area contributed by atoms with Gasteiger partial charge >= 0.3 is 19.8 Å². The van der Waals surface area contributed by atoms with Crippen LogP contribution in [0, 0.1) is 46.5 Å². The summed E-state index contributed by atoms with van der Waals surface area (Å²) in [6, 6.07) is 0. The van der Waals surface area contributed by atoms with Crippen molar-refractivity contribution in [3.63, 3.8) is 0 Å². The molecular formula is C46H65F8N9O10P+. The zero-order valence-corrected chi connectivity index (χ0v) is 42.6. The second-order valence-electron chi connectivity index (χ2n) is 18.1. The molecule has 2 aromatic rings. The van der Waals surface area contributed by atoms with Gasteiger partial charge in [-0.05, 0) is 36.7 Å². The summed E-state index contributed by atoms with van der Waals surface area (Å²) in [5.41, 5.74) is 10.7. The SMILES string of the molecule is C[N+](C)(C)CCOP(=O)(O)OCC(COC(=O)CCCCCCCCCCCNC(=O)c1c(F)c(F)c(N=[N+]=[N-])c(F)c1F)OC(=O)CCCCCCCCCCCNC(=O)c1c(F)c(F)c(N=[N+]=[N-])c(F)c1F. The maximum atomic E-state index is 14.2. The van der Waals surface area contributed by atoms with Crippen LogP contribution in [-0.4, -0.2) is 99.8 Å². The molecule has 414 valence electrons. The number of carbonyl (C=O) groups is 4. The first-order chi connectivity index (χ1) is 35.1. The number of hydrogen-bond donors (Lipinski definition) is 3. The first kappa shape index (κ1) is 64.6. The van der Waals surface area contributed by atoms with E-state index in [2.05, 4.69) is 30.7 Å². The van der Waals surface area contributed by atoms with Gasteiger partial charge in [0, 0.05) is 35.8 Å². The van der Waals surface area contributed by atoms with E-state index in [0.717, 1.165) is 64.2 Å². The van der Waals surface area contributed by atoms with E-state index in [1.54, 1.807) is 0 Å². The lowest BCUT2D eigenvalue weighted by Gasteiger charge is -2.24. The Kier molecular flexibility index (Phi) is 29.8. The number of nitrogens with one attached hydrogen (secondary N) is 2. The van der Waals surface area contributed by atoms with E-state index in [1.807, 2.05) is 21.1 Å². The van der Waals surface area contributed by atoms with E-state index in [9.17, 15) is 63.8 Å². The number of carbonyl (C=O) groups excluding carboxylic acids is 4.